The van der Waals surface area contributed by atoms with E-state index < -0.39 is 30.2 Å². The molecule has 1 rings (SSSR count). The van der Waals surface area contributed by atoms with Crippen LogP contribution >= 0.6 is 0 Å². The standard InChI is InChI=1S/C12H15F3N2O2/c1-17(2)10-4-3-7(12(13,14)15)5-8(10)9(16)6-11(18)19/h3-5,9H,6,16H2,1-2H3,(H,18,19). The van der Waals surface area contributed by atoms with Gasteiger partial charge in [0.15, 0.2) is 0 Å². The van der Waals surface area contributed by atoms with E-state index in [1.807, 2.05) is 0 Å². The fourth-order valence-electron chi connectivity index (χ4n) is 1.73. The van der Waals surface area contributed by atoms with Crippen molar-refractivity contribution in [3.8, 4) is 0 Å². The maximum Gasteiger partial charge on any atom is 0.416 e. The first-order chi connectivity index (χ1) is 8.62. The molecule has 0 bridgehead atoms. The Morgan fingerprint density at radius 1 is 1.42 bits per heavy atom. The Morgan fingerprint density at radius 2 is 2.00 bits per heavy atom. The zero-order chi connectivity index (χ0) is 14.8. The van der Waals surface area contributed by atoms with Gasteiger partial charge in [0.1, 0.15) is 0 Å². The summed E-state index contributed by atoms with van der Waals surface area (Å²) in [6.07, 6.45) is -4.91. The summed E-state index contributed by atoms with van der Waals surface area (Å²) in [4.78, 5) is 12.2. The van der Waals surface area contributed by atoms with Crippen molar-refractivity contribution >= 4 is 11.7 Å². The third-order valence-corrected chi connectivity index (χ3v) is 2.63. The molecule has 1 unspecified atom stereocenters. The Bertz CT molecular complexity index is 473. The van der Waals surface area contributed by atoms with Gasteiger partial charge in [0.05, 0.1) is 12.0 Å². The second kappa shape index (κ2) is 5.48. The number of alkyl halides is 3. The molecule has 0 spiro atoms. The zero-order valence-electron chi connectivity index (χ0n) is 10.5. The van der Waals surface area contributed by atoms with Crippen LogP contribution in [0.1, 0.15) is 23.6 Å². The van der Waals surface area contributed by atoms with Crippen LogP contribution in [-0.2, 0) is 11.0 Å². The molecule has 1 aromatic rings. The number of hydrogen-bond acceptors (Lipinski definition) is 3. The first-order valence-corrected chi connectivity index (χ1v) is 5.48. The number of hydrogen-bond donors (Lipinski definition) is 2. The highest BCUT2D eigenvalue weighted by atomic mass is 19.4. The third-order valence-electron chi connectivity index (χ3n) is 2.63. The molecule has 106 valence electrons. The van der Waals surface area contributed by atoms with Crippen LogP contribution < -0.4 is 10.6 Å². The first kappa shape index (κ1) is 15.3. The summed E-state index contributed by atoms with van der Waals surface area (Å²) in [5.41, 5.74) is 5.48. The summed E-state index contributed by atoms with van der Waals surface area (Å²) >= 11 is 0. The van der Waals surface area contributed by atoms with E-state index in [2.05, 4.69) is 0 Å². The molecule has 0 aromatic heterocycles. The Balaban J connectivity index is 3.27. The fraction of sp³-hybridized carbons (Fsp3) is 0.417. The summed E-state index contributed by atoms with van der Waals surface area (Å²) < 4.78 is 38.0. The van der Waals surface area contributed by atoms with Crippen LogP contribution in [-0.4, -0.2) is 25.2 Å². The van der Waals surface area contributed by atoms with Gasteiger partial charge in [-0.3, -0.25) is 4.79 Å². The summed E-state index contributed by atoms with van der Waals surface area (Å²) in [6, 6.07) is 2.16. The second-order valence-corrected chi connectivity index (χ2v) is 4.37. The van der Waals surface area contributed by atoms with Gasteiger partial charge < -0.3 is 15.7 Å². The molecule has 19 heavy (non-hydrogen) atoms. The molecule has 0 aliphatic carbocycles. The zero-order valence-corrected chi connectivity index (χ0v) is 10.5. The van der Waals surface area contributed by atoms with Gasteiger partial charge in [-0.25, -0.2) is 0 Å². The van der Waals surface area contributed by atoms with Crippen LogP contribution in [0.25, 0.3) is 0 Å². The summed E-state index contributed by atoms with van der Waals surface area (Å²) in [6.45, 7) is 0. The largest absolute Gasteiger partial charge is 0.481 e. The molecule has 0 heterocycles. The highest BCUT2D eigenvalue weighted by molar-refractivity contribution is 5.69. The maximum atomic E-state index is 12.7. The molecule has 3 N–H and O–H groups in total. The molecule has 0 radical (unpaired) electrons. The number of halogens is 3. The highest BCUT2D eigenvalue weighted by Gasteiger charge is 2.32. The Kier molecular flexibility index (Phi) is 4.41. The summed E-state index contributed by atoms with van der Waals surface area (Å²) in [7, 11) is 3.30. The molecular weight excluding hydrogens is 261 g/mol. The van der Waals surface area contributed by atoms with Crippen LogP contribution in [0.15, 0.2) is 18.2 Å². The highest BCUT2D eigenvalue weighted by Crippen LogP contribution is 2.34. The topological polar surface area (TPSA) is 66.6 Å². The van der Waals surface area contributed by atoms with E-state index in [0.29, 0.717) is 5.69 Å². The lowest BCUT2D eigenvalue weighted by Gasteiger charge is -2.22. The normalized spacial score (nSPS) is 13.2. The molecule has 7 heteroatoms. The fourth-order valence-corrected chi connectivity index (χ4v) is 1.73. The minimum absolute atomic E-state index is 0.169. The van der Waals surface area contributed by atoms with E-state index in [4.69, 9.17) is 10.8 Å². The number of nitrogens with two attached hydrogens (primary N) is 1. The molecule has 1 atom stereocenters. The monoisotopic (exact) mass is 276 g/mol. The average molecular weight is 276 g/mol. The van der Waals surface area contributed by atoms with Gasteiger partial charge in [-0.2, -0.15) is 13.2 Å². The number of anilines is 1. The lowest BCUT2D eigenvalue weighted by Crippen LogP contribution is -2.21. The van der Waals surface area contributed by atoms with E-state index in [-0.39, 0.29) is 5.56 Å². The molecule has 0 aliphatic heterocycles. The molecule has 0 saturated heterocycles. The molecule has 0 amide bonds. The van der Waals surface area contributed by atoms with Crippen LogP contribution in [0.3, 0.4) is 0 Å². The first-order valence-electron chi connectivity index (χ1n) is 5.48. The number of carbonyl (C=O) groups is 1. The Labute approximate surface area is 108 Å². The van der Waals surface area contributed by atoms with Gasteiger partial charge in [-0.05, 0) is 23.8 Å². The van der Waals surface area contributed by atoms with Crippen molar-refractivity contribution in [1.29, 1.82) is 0 Å². The summed E-state index contributed by atoms with van der Waals surface area (Å²) in [5.74, 6) is -1.16. The smallest absolute Gasteiger partial charge is 0.416 e. The van der Waals surface area contributed by atoms with Crippen LogP contribution in [0, 0.1) is 0 Å². The Morgan fingerprint density at radius 3 is 2.42 bits per heavy atom. The van der Waals surface area contributed by atoms with Crippen molar-refractivity contribution in [2.24, 2.45) is 5.73 Å². The van der Waals surface area contributed by atoms with Crippen molar-refractivity contribution in [2.75, 3.05) is 19.0 Å². The van der Waals surface area contributed by atoms with E-state index in [9.17, 15) is 18.0 Å². The number of nitrogens with zero attached hydrogens (tertiary/aromatic N) is 1. The summed E-state index contributed by atoms with van der Waals surface area (Å²) in [5, 5.41) is 8.69. The van der Waals surface area contributed by atoms with Gasteiger partial charge in [0.2, 0.25) is 0 Å². The van der Waals surface area contributed by atoms with Gasteiger partial charge >= 0.3 is 12.1 Å². The number of benzene rings is 1. The Hall–Kier alpha value is -1.76. The predicted octanol–water partition coefficient (Wildman–Crippen LogP) is 2.25. The van der Waals surface area contributed by atoms with Gasteiger partial charge in [-0.15, -0.1) is 0 Å². The van der Waals surface area contributed by atoms with E-state index in [0.717, 1.165) is 12.1 Å². The number of rotatable bonds is 4. The van der Waals surface area contributed by atoms with E-state index in [1.54, 1.807) is 19.0 Å². The van der Waals surface area contributed by atoms with Crippen LogP contribution in [0.5, 0.6) is 0 Å². The lowest BCUT2D eigenvalue weighted by atomic mass is 9.99. The van der Waals surface area contributed by atoms with Gasteiger partial charge in [0.25, 0.3) is 0 Å². The van der Waals surface area contributed by atoms with E-state index >= 15 is 0 Å². The molecular formula is C12H15F3N2O2. The molecule has 1 aromatic carbocycles. The quantitative estimate of drug-likeness (QED) is 0.885. The van der Waals surface area contributed by atoms with Crippen molar-refractivity contribution < 1.29 is 23.1 Å². The van der Waals surface area contributed by atoms with E-state index in [1.165, 1.54) is 6.07 Å². The minimum atomic E-state index is -4.48. The second-order valence-electron chi connectivity index (χ2n) is 4.37. The maximum absolute atomic E-state index is 12.7. The SMILES string of the molecule is CN(C)c1ccc(C(F)(F)F)cc1C(N)CC(=O)O. The molecule has 4 nitrogen and oxygen atoms in total. The van der Waals surface area contributed by atoms with Crippen LogP contribution in [0.2, 0.25) is 0 Å². The molecule has 0 fully saturated rings. The predicted molar refractivity (Wildman–Crippen MR) is 65.0 cm³/mol. The third kappa shape index (κ3) is 3.85. The van der Waals surface area contributed by atoms with Gasteiger partial charge in [0, 0.05) is 25.8 Å². The molecule has 0 saturated carbocycles. The lowest BCUT2D eigenvalue weighted by molar-refractivity contribution is -0.138. The minimum Gasteiger partial charge on any atom is -0.481 e. The number of carboxylic acid groups (broad SMARTS) is 1. The average Bonchev–Trinajstić information content (AvgIpc) is 2.25. The van der Waals surface area contributed by atoms with Crippen molar-refractivity contribution in [3.05, 3.63) is 29.3 Å². The van der Waals surface area contributed by atoms with Crippen molar-refractivity contribution in [3.63, 3.8) is 0 Å². The number of carboxylic acids is 1. The van der Waals surface area contributed by atoms with Crippen molar-refractivity contribution in [1.82, 2.24) is 0 Å². The number of aliphatic carboxylic acids is 1. The van der Waals surface area contributed by atoms with Crippen molar-refractivity contribution in [2.45, 2.75) is 18.6 Å². The molecule has 0 aliphatic rings. The van der Waals surface area contributed by atoms with Crippen LogP contribution in [0.4, 0.5) is 18.9 Å². The van der Waals surface area contributed by atoms with Gasteiger partial charge in [-0.1, -0.05) is 0 Å².